The van der Waals surface area contributed by atoms with Crippen molar-refractivity contribution < 1.29 is 14.2 Å². The molecule has 0 saturated heterocycles. The zero-order valence-corrected chi connectivity index (χ0v) is 12.5. The molecule has 0 amide bonds. The molecular weight excluding hydrogens is 320 g/mol. The third kappa shape index (κ3) is 2.67. The Morgan fingerprint density at radius 1 is 0.950 bits per heavy atom. The van der Waals surface area contributed by atoms with E-state index in [4.69, 9.17) is 14.2 Å². The molecule has 20 heavy (non-hydrogen) atoms. The predicted octanol–water partition coefficient (Wildman–Crippen LogP) is 3.92. The van der Waals surface area contributed by atoms with Crippen LogP contribution in [0.1, 0.15) is 17.2 Å². The fourth-order valence-corrected chi connectivity index (χ4v) is 2.51. The van der Waals surface area contributed by atoms with Gasteiger partial charge in [-0.1, -0.05) is 52.3 Å². The SMILES string of the molecule is BrCCOC1c2ccccc2OCOc2ccccc21. The smallest absolute Gasteiger partial charge is 0.230 e. The predicted molar refractivity (Wildman–Crippen MR) is 80.6 cm³/mol. The van der Waals surface area contributed by atoms with E-state index < -0.39 is 0 Å². The van der Waals surface area contributed by atoms with Crippen LogP contribution in [-0.2, 0) is 4.74 Å². The summed E-state index contributed by atoms with van der Waals surface area (Å²) in [4.78, 5) is 0. The molecule has 2 aromatic rings. The van der Waals surface area contributed by atoms with Crippen LogP contribution >= 0.6 is 15.9 Å². The van der Waals surface area contributed by atoms with Gasteiger partial charge in [-0.2, -0.15) is 0 Å². The fraction of sp³-hybridized carbons (Fsp3) is 0.250. The molecule has 3 nitrogen and oxygen atoms in total. The van der Waals surface area contributed by atoms with Crippen molar-refractivity contribution in [1.82, 2.24) is 0 Å². The van der Waals surface area contributed by atoms with Gasteiger partial charge in [0.25, 0.3) is 0 Å². The number of ether oxygens (including phenoxy) is 3. The minimum atomic E-state index is -0.180. The first-order valence-electron chi connectivity index (χ1n) is 6.51. The zero-order chi connectivity index (χ0) is 13.8. The van der Waals surface area contributed by atoms with Gasteiger partial charge in [-0.15, -0.1) is 0 Å². The molecule has 3 rings (SSSR count). The molecule has 1 aliphatic heterocycles. The molecule has 0 saturated carbocycles. The summed E-state index contributed by atoms with van der Waals surface area (Å²) in [6, 6.07) is 15.9. The quantitative estimate of drug-likeness (QED) is 0.796. The number of alkyl halides is 1. The first kappa shape index (κ1) is 13.5. The van der Waals surface area contributed by atoms with Gasteiger partial charge < -0.3 is 14.2 Å². The van der Waals surface area contributed by atoms with Crippen molar-refractivity contribution in [3.8, 4) is 11.5 Å². The number of para-hydroxylation sites is 2. The van der Waals surface area contributed by atoms with Gasteiger partial charge in [0.2, 0.25) is 6.79 Å². The van der Waals surface area contributed by atoms with Crippen LogP contribution in [0.2, 0.25) is 0 Å². The summed E-state index contributed by atoms with van der Waals surface area (Å²) < 4.78 is 17.4. The van der Waals surface area contributed by atoms with Gasteiger partial charge in [-0.05, 0) is 12.1 Å². The summed E-state index contributed by atoms with van der Waals surface area (Å²) in [5.74, 6) is 1.61. The van der Waals surface area contributed by atoms with E-state index in [-0.39, 0.29) is 12.9 Å². The summed E-state index contributed by atoms with van der Waals surface area (Å²) in [6.45, 7) is 0.826. The highest BCUT2D eigenvalue weighted by Crippen LogP contribution is 2.38. The average Bonchev–Trinajstić information content (AvgIpc) is 2.48. The highest BCUT2D eigenvalue weighted by Gasteiger charge is 2.24. The molecule has 0 fully saturated rings. The highest BCUT2D eigenvalue weighted by atomic mass is 79.9. The fourth-order valence-electron chi connectivity index (χ4n) is 2.32. The van der Waals surface area contributed by atoms with Crippen LogP contribution in [0.15, 0.2) is 48.5 Å². The molecule has 0 atom stereocenters. The van der Waals surface area contributed by atoms with Gasteiger partial charge in [0, 0.05) is 16.5 Å². The summed E-state index contributed by atoms with van der Waals surface area (Å²) in [7, 11) is 0. The van der Waals surface area contributed by atoms with Crippen molar-refractivity contribution in [2.24, 2.45) is 0 Å². The topological polar surface area (TPSA) is 27.7 Å². The second-order valence-electron chi connectivity index (χ2n) is 4.42. The van der Waals surface area contributed by atoms with Crippen molar-refractivity contribution >= 4 is 15.9 Å². The van der Waals surface area contributed by atoms with Crippen LogP contribution in [-0.4, -0.2) is 18.7 Å². The molecule has 0 spiro atoms. The third-order valence-electron chi connectivity index (χ3n) is 3.19. The van der Waals surface area contributed by atoms with E-state index in [1.165, 1.54) is 0 Å². The molecule has 104 valence electrons. The molecule has 1 aliphatic rings. The first-order valence-corrected chi connectivity index (χ1v) is 7.63. The van der Waals surface area contributed by atoms with E-state index in [0.717, 1.165) is 28.0 Å². The lowest BCUT2D eigenvalue weighted by molar-refractivity contribution is 0.0658. The van der Waals surface area contributed by atoms with Crippen LogP contribution in [0.5, 0.6) is 11.5 Å². The number of hydrogen-bond acceptors (Lipinski definition) is 3. The van der Waals surface area contributed by atoms with Crippen molar-refractivity contribution in [3.63, 3.8) is 0 Å². The van der Waals surface area contributed by atoms with Gasteiger partial charge in [0.1, 0.15) is 17.6 Å². The number of rotatable bonds is 3. The second-order valence-corrected chi connectivity index (χ2v) is 5.21. The largest absolute Gasteiger partial charge is 0.457 e. The van der Waals surface area contributed by atoms with Gasteiger partial charge in [-0.3, -0.25) is 0 Å². The van der Waals surface area contributed by atoms with Crippen LogP contribution in [0.25, 0.3) is 0 Å². The van der Waals surface area contributed by atoms with E-state index in [0.29, 0.717) is 6.61 Å². The zero-order valence-electron chi connectivity index (χ0n) is 10.9. The molecule has 0 unspecified atom stereocenters. The number of hydrogen-bond donors (Lipinski definition) is 0. The van der Waals surface area contributed by atoms with Gasteiger partial charge in [0.05, 0.1) is 6.61 Å². The Bertz CT molecular complexity index is 538. The summed E-state index contributed by atoms with van der Waals surface area (Å²) in [5, 5.41) is 0.787. The van der Waals surface area contributed by atoms with Crippen LogP contribution in [0, 0.1) is 0 Å². The van der Waals surface area contributed by atoms with E-state index in [2.05, 4.69) is 15.9 Å². The highest BCUT2D eigenvalue weighted by molar-refractivity contribution is 9.09. The maximum atomic E-state index is 6.01. The molecule has 0 N–H and O–H groups in total. The standard InChI is InChI=1S/C16H15BrO3/c17-9-10-18-16-12-5-1-3-7-14(12)19-11-20-15-8-4-2-6-13(15)16/h1-8,16H,9-11H2. The molecule has 0 aromatic heterocycles. The molecule has 4 heteroatoms. The lowest BCUT2D eigenvalue weighted by atomic mass is 9.99. The number of benzene rings is 2. The Balaban J connectivity index is 2.08. The van der Waals surface area contributed by atoms with Crippen LogP contribution < -0.4 is 9.47 Å². The van der Waals surface area contributed by atoms with Crippen LogP contribution in [0.3, 0.4) is 0 Å². The van der Waals surface area contributed by atoms with E-state index >= 15 is 0 Å². The van der Waals surface area contributed by atoms with E-state index in [1.54, 1.807) is 0 Å². The van der Waals surface area contributed by atoms with Crippen molar-refractivity contribution in [3.05, 3.63) is 59.7 Å². The van der Waals surface area contributed by atoms with Crippen molar-refractivity contribution in [2.45, 2.75) is 6.10 Å². The summed E-state index contributed by atoms with van der Waals surface area (Å²) >= 11 is 3.40. The molecule has 0 radical (unpaired) electrons. The molecule has 1 heterocycles. The Labute approximate surface area is 126 Å². The van der Waals surface area contributed by atoms with E-state index in [9.17, 15) is 0 Å². The Morgan fingerprint density at radius 2 is 1.50 bits per heavy atom. The third-order valence-corrected chi connectivity index (χ3v) is 3.52. The monoisotopic (exact) mass is 334 g/mol. The first-order chi connectivity index (χ1) is 9.90. The minimum absolute atomic E-state index is 0.180. The van der Waals surface area contributed by atoms with Gasteiger partial charge in [-0.25, -0.2) is 0 Å². The van der Waals surface area contributed by atoms with Gasteiger partial charge >= 0.3 is 0 Å². The molecule has 0 bridgehead atoms. The van der Waals surface area contributed by atoms with Crippen molar-refractivity contribution in [1.29, 1.82) is 0 Å². The molecule has 2 aromatic carbocycles. The summed E-state index contributed by atoms with van der Waals surface area (Å²) in [5.41, 5.74) is 2.06. The Hall–Kier alpha value is -1.52. The minimum Gasteiger partial charge on any atom is -0.457 e. The van der Waals surface area contributed by atoms with Gasteiger partial charge in [0.15, 0.2) is 0 Å². The Kier molecular flexibility index (Phi) is 4.23. The van der Waals surface area contributed by atoms with E-state index in [1.807, 2.05) is 48.5 Å². The van der Waals surface area contributed by atoms with Crippen LogP contribution in [0.4, 0.5) is 0 Å². The maximum absolute atomic E-state index is 6.01. The number of fused-ring (bicyclic) bond motifs is 2. The van der Waals surface area contributed by atoms with Crippen molar-refractivity contribution in [2.75, 3.05) is 18.7 Å². The maximum Gasteiger partial charge on any atom is 0.230 e. The second kappa shape index (κ2) is 6.29. The lowest BCUT2D eigenvalue weighted by Gasteiger charge is -2.26. The number of halogens is 1. The lowest BCUT2D eigenvalue weighted by Crippen LogP contribution is -2.17. The molecular formula is C16H15BrO3. The molecule has 0 aliphatic carbocycles. The summed E-state index contributed by atoms with van der Waals surface area (Å²) in [6.07, 6.45) is -0.180. The average molecular weight is 335 g/mol. The normalized spacial score (nSPS) is 14.2. The Morgan fingerprint density at radius 3 is 2.05 bits per heavy atom.